The number of amides is 1. The predicted molar refractivity (Wildman–Crippen MR) is 84.1 cm³/mol. The van der Waals surface area contributed by atoms with Gasteiger partial charge in [-0.05, 0) is 23.6 Å². The summed E-state index contributed by atoms with van der Waals surface area (Å²) in [4.78, 5) is 15.8. The Hall–Kier alpha value is -1.46. The molecular weight excluding hydrogens is 318 g/mol. The first-order valence-electron chi connectivity index (χ1n) is 6.55. The SMILES string of the molecule is CC(C)C(NCc1ccc(Br)c2cccnc12)C(N)=O. The molecule has 2 aromatic rings. The molecule has 1 unspecified atom stereocenters. The number of primary amides is 1. The van der Waals surface area contributed by atoms with Crippen LogP contribution in [0.1, 0.15) is 19.4 Å². The van der Waals surface area contributed by atoms with E-state index in [0.717, 1.165) is 20.9 Å². The third-order valence-electron chi connectivity index (χ3n) is 3.29. The summed E-state index contributed by atoms with van der Waals surface area (Å²) in [5.74, 6) is -0.170. The second kappa shape index (κ2) is 6.33. The number of nitrogens with two attached hydrogens (primary N) is 1. The molecule has 4 nitrogen and oxygen atoms in total. The quantitative estimate of drug-likeness (QED) is 0.882. The summed E-state index contributed by atoms with van der Waals surface area (Å²) in [5.41, 5.74) is 7.40. The third-order valence-corrected chi connectivity index (χ3v) is 3.98. The Bertz CT molecular complexity index is 628. The summed E-state index contributed by atoms with van der Waals surface area (Å²) in [6, 6.07) is 7.59. The summed E-state index contributed by atoms with van der Waals surface area (Å²) in [5, 5.41) is 4.28. The van der Waals surface area contributed by atoms with Crippen LogP contribution in [0.25, 0.3) is 10.9 Å². The van der Waals surface area contributed by atoms with Crippen LogP contribution in [-0.4, -0.2) is 16.9 Å². The number of halogens is 1. The molecule has 1 atom stereocenters. The maximum absolute atomic E-state index is 11.4. The summed E-state index contributed by atoms with van der Waals surface area (Å²) >= 11 is 3.52. The van der Waals surface area contributed by atoms with Crippen molar-refractivity contribution >= 4 is 32.7 Å². The Balaban J connectivity index is 2.26. The van der Waals surface area contributed by atoms with Crippen LogP contribution in [-0.2, 0) is 11.3 Å². The standard InChI is InChI=1S/C15H18BrN3O/c1-9(2)13(15(17)20)19-8-10-5-6-12(16)11-4-3-7-18-14(10)11/h3-7,9,13,19H,8H2,1-2H3,(H2,17,20). The van der Waals surface area contributed by atoms with Gasteiger partial charge in [-0.1, -0.05) is 41.9 Å². The van der Waals surface area contributed by atoms with E-state index in [2.05, 4.69) is 26.2 Å². The summed E-state index contributed by atoms with van der Waals surface area (Å²) < 4.78 is 1.01. The van der Waals surface area contributed by atoms with Gasteiger partial charge in [0.25, 0.3) is 0 Å². The highest BCUT2D eigenvalue weighted by Gasteiger charge is 2.19. The lowest BCUT2D eigenvalue weighted by atomic mass is 10.0. The van der Waals surface area contributed by atoms with Gasteiger partial charge in [-0.2, -0.15) is 0 Å². The van der Waals surface area contributed by atoms with Gasteiger partial charge < -0.3 is 11.1 Å². The fourth-order valence-corrected chi connectivity index (χ4v) is 2.68. The topological polar surface area (TPSA) is 68.0 Å². The van der Waals surface area contributed by atoms with Crippen LogP contribution in [0.15, 0.2) is 34.9 Å². The molecule has 0 aliphatic carbocycles. The Morgan fingerprint density at radius 1 is 1.40 bits per heavy atom. The van der Waals surface area contributed by atoms with Crippen LogP contribution in [0, 0.1) is 5.92 Å². The highest BCUT2D eigenvalue weighted by atomic mass is 79.9. The van der Waals surface area contributed by atoms with Crippen molar-refractivity contribution in [3.05, 3.63) is 40.5 Å². The van der Waals surface area contributed by atoms with E-state index in [-0.39, 0.29) is 17.9 Å². The molecule has 1 aromatic carbocycles. The molecular formula is C15H18BrN3O. The number of hydrogen-bond acceptors (Lipinski definition) is 3. The number of benzene rings is 1. The molecule has 0 saturated heterocycles. The molecule has 0 aliphatic rings. The summed E-state index contributed by atoms with van der Waals surface area (Å²) in [7, 11) is 0. The summed E-state index contributed by atoms with van der Waals surface area (Å²) in [6.07, 6.45) is 1.77. The number of aromatic nitrogens is 1. The van der Waals surface area contributed by atoms with Crippen molar-refractivity contribution in [2.75, 3.05) is 0 Å². The van der Waals surface area contributed by atoms with Gasteiger partial charge in [0.2, 0.25) is 5.91 Å². The number of rotatable bonds is 5. The Morgan fingerprint density at radius 3 is 2.80 bits per heavy atom. The number of nitrogens with one attached hydrogen (secondary N) is 1. The van der Waals surface area contributed by atoms with Crippen molar-refractivity contribution in [3.8, 4) is 0 Å². The summed E-state index contributed by atoms with van der Waals surface area (Å²) in [6.45, 7) is 4.51. The minimum Gasteiger partial charge on any atom is -0.368 e. The van der Waals surface area contributed by atoms with Crippen molar-refractivity contribution < 1.29 is 4.79 Å². The second-order valence-corrected chi connectivity index (χ2v) is 5.97. The molecule has 0 bridgehead atoms. The molecule has 1 amide bonds. The van der Waals surface area contributed by atoms with Crippen molar-refractivity contribution in [2.24, 2.45) is 11.7 Å². The largest absolute Gasteiger partial charge is 0.368 e. The molecule has 1 aromatic heterocycles. The van der Waals surface area contributed by atoms with E-state index in [9.17, 15) is 4.79 Å². The van der Waals surface area contributed by atoms with Crippen LogP contribution in [0.4, 0.5) is 0 Å². The van der Waals surface area contributed by atoms with Gasteiger partial charge >= 0.3 is 0 Å². The van der Waals surface area contributed by atoms with E-state index < -0.39 is 0 Å². The number of pyridine rings is 1. The smallest absolute Gasteiger partial charge is 0.234 e. The molecule has 0 saturated carbocycles. The van der Waals surface area contributed by atoms with Crippen molar-refractivity contribution in [2.45, 2.75) is 26.4 Å². The zero-order valence-electron chi connectivity index (χ0n) is 11.6. The van der Waals surface area contributed by atoms with Crippen LogP contribution in [0.5, 0.6) is 0 Å². The normalized spacial score (nSPS) is 12.8. The fourth-order valence-electron chi connectivity index (χ4n) is 2.22. The van der Waals surface area contributed by atoms with E-state index in [0.29, 0.717) is 6.54 Å². The molecule has 5 heteroatoms. The molecule has 2 rings (SSSR count). The highest BCUT2D eigenvalue weighted by Crippen LogP contribution is 2.25. The third kappa shape index (κ3) is 3.16. The monoisotopic (exact) mass is 335 g/mol. The van der Waals surface area contributed by atoms with Gasteiger partial charge in [0.15, 0.2) is 0 Å². The van der Waals surface area contributed by atoms with Gasteiger partial charge in [0, 0.05) is 22.6 Å². The van der Waals surface area contributed by atoms with Gasteiger partial charge in [-0.15, -0.1) is 0 Å². The molecule has 0 radical (unpaired) electrons. The first-order valence-corrected chi connectivity index (χ1v) is 7.35. The van der Waals surface area contributed by atoms with Crippen LogP contribution < -0.4 is 11.1 Å². The molecule has 106 valence electrons. The van der Waals surface area contributed by atoms with Crippen molar-refractivity contribution in [1.29, 1.82) is 0 Å². The maximum atomic E-state index is 11.4. The van der Waals surface area contributed by atoms with E-state index in [4.69, 9.17) is 5.73 Å². The van der Waals surface area contributed by atoms with Gasteiger partial charge in [0.05, 0.1) is 11.6 Å². The van der Waals surface area contributed by atoms with E-state index in [1.165, 1.54) is 0 Å². The minimum absolute atomic E-state index is 0.155. The number of carbonyl (C=O) groups excluding carboxylic acids is 1. The molecule has 0 aliphatic heterocycles. The lowest BCUT2D eigenvalue weighted by Crippen LogP contribution is -2.44. The molecule has 0 spiro atoms. The van der Waals surface area contributed by atoms with Crippen molar-refractivity contribution in [3.63, 3.8) is 0 Å². The maximum Gasteiger partial charge on any atom is 0.234 e. The van der Waals surface area contributed by atoms with Gasteiger partial charge in [-0.3, -0.25) is 9.78 Å². The first kappa shape index (κ1) is 14.9. The number of carbonyl (C=O) groups is 1. The number of fused-ring (bicyclic) bond motifs is 1. The Labute approximate surface area is 126 Å². The van der Waals surface area contributed by atoms with E-state index in [1.54, 1.807) is 6.20 Å². The zero-order valence-corrected chi connectivity index (χ0v) is 13.1. The number of nitrogens with zero attached hydrogens (tertiary/aromatic N) is 1. The average Bonchev–Trinajstić information content (AvgIpc) is 2.41. The van der Waals surface area contributed by atoms with Crippen molar-refractivity contribution in [1.82, 2.24) is 10.3 Å². The lowest BCUT2D eigenvalue weighted by Gasteiger charge is -2.19. The Morgan fingerprint density at radius 2 is 2.15 bits per heavy atom. The lowest BCUT2D eigenvalue weighted by molar-refractivity contribution is -0.121. The Kier molecular flexibility index (Phi) is 4.73. The van der Waals surface area contributed by atoms with Gasteiger partial charge in [-0.25, -0.2) is 0 Å². The molecule has 3 N–H and O–H groups in total. The minimum atomic E-state index is -0.336. The van der Waals surface area contributed by atoms with Gasteiger partial charge in [0.1, 0.15) is 0 Å². The fraction of sp³-hybridized carbons (Fsp3) is 0.333. The highest BCUT2D eigenvalue weighted by molar-refractivity contribution is 9.10. The number of hydrogen-bond donors (Lipinski definition) is 2. The van der Waals surface area contributed by atoms with E-state index in [1.807, 2.05) is 38.1 Å². The second-order valence-electron chi connectivity index (χ2n) is 5.11. The zero-order chi connectivity index (χ0) is 14.7. The van der Waals surface area contributed by atoms with Crippen LogP contribution >= 0.6 is 15.9 Å². The van der Waals surface area contributed by atoms with Crippen LogP contribution in [0.3, 0.4) is 0 Å². The predicted octanol–water partition coefficient (Wildman–Crippen LogP) is 2.60. The van der Waals surface area contributed by atoms with E-state index >= 15 is 0 Å². The molecule has 0 fully saturated rings. The molecule has 20 heavy (non-hydrogen) atoms. The van der Waals surface area contributed by atoms with Crippen LogP contribution in [0.2, 0.25) is 0 Å². The average molecular weight is 336 g/mol. The first-order chi connectivity index (χ1) is 9.50. The molecule has 1 heterocycles.